The zero-order valence-electron chi connectivity index (χ0n) is 5.02. The number of methoxy groups -OCH3 is 1. The molecule has 0 fully saturated rings. The van der Waals surface area contributed by atoms with Crippen molar-refractivity contribution < 1.29 is 4.74 Å². The summed E-state index contributed by atoms with van der Waals surface area (Å²) in [7, 11) is 1.69. The average molecular weight is 133 g/mol. The van der Waals surface area contributed by atoms with Crippen molar-refractivity contribution in [2.24, 2.45) is 0 Å². The average Bonchev–Trinajstić information content (AvgIpc) is 1.81. The van der Waals surface area contributed by atoms with Crippen LogP contribution in [0.1, 0.15) is 6.42 Å². The topological polar surface area (TPSA) is 21.3 Å². The van der Waals surface area contributed by atoms with Gasteiger partial charge < -0.3 is 10.1 Å². The lowest BCUT2D eigenvalue weighted by Crippen LogP contribution is -2.12. The Morgan fingerprint density at radius 3 is 3.00 bits per heavy atom. The van der Waals surface area contributed by atoms with Crippen LogP contribution in [-0.2, 0) is 4.74 Å². The van der Waals surface area contributed by atoms with Gasteiger partial charge in [0, 0.05) is 20.3 Å². The minimum Gasteiger partial charge on any atom is -0.385 e. The molecule has 0 rings (SSSR count). The first-order valence-corrected chi connectivity index (χ1v) is 3.05. The molecule has 0 aliphatic heterocycles. The number of rotatable bonds is 5. The van der Waals surface area contributed by atoms with Gasteiger partial charge in [0.05, 0.1) is 5.49 Å². The van der Waals surface area contributed by atoms with Crippen molar-refractivity contribution in [2.75, 3.05) is 20.3 Å². The Morgan fingerprint density at radius 1 is 1.75 bits per heavy atom. The summed E-state index contributed by atoms with van der Waals surface area (Å²) in [6, 6.07) is 0. The minimum atomic E-state index is 0.802. The van der Waals surface area contributed by atoms with Crippen molar-refractivity contribution in [3.05, 3.63) is 0 Å². The summed E-state index contributed by atoms with van der Waals surface area (Å²) in [5.74, 6) is 0. The zero-order valence-corrected chi connectivity index (χ0v) is 5.83. The first kappa shape index (κ1) is 7.85. The molecule has 0 aromatic carbocycles. The molecule has 0 saturated carbocycles. The number of hydrogen-bond acceptors (Lipinski definition) is 2. The van der Waals surface area contributed by atoms with E-state index >= 15 is 0 Å². The van der Waals surface area contributed by atoms with Gasteiger partial charge in [0.15, 0.2) is 0 Å². The highest BCUT2D eigenvalue weighted by molar-refractivity contribution is 7.78. The summed E-state index contributed by atoms with van der Waals surface area (Å²) in [4.78, 5) is 0. The van der Waals surface area contributed by atoms with Crippen LogP contribution in [0.25, 0.3) is 0 Å². The van der Waals surface area contributed by atoms with Crippen LogP contribution in [-0.4, -0.2) is 25.8 Å². The fourth-order valence-electron chi connectivity index (χ4n) is 0.377. The Labute approximate surface area is 55.2 Å². The van der Waals surface area contributed by atoms with Crippen LogP contribution in [0.5, 0.6) is 0 Å². The molecule has 0 heterocycles. The van der Waals surface area contributed by atoms with Crippen LogP contribution in [0.2, 0.25) is 0 Å². The van der Waals surface area contributed by atoms with Crippen LogP contribution >= 0.6 is 12.2 Å². The maximum atomic E-state index is 4.80. The number of hydrogen-bond donors (Lipinski definition) is 1. The normalized spacial score (nSPS) is 8.62. The molecule has 0 aliphatic rings. The molecule has 0 atom stereocenters. The van der Waals surface area contributed by atoms with Crippen molar-refractivity contribution in [1.29, 1.82) is 0 Å². The van der Waals surface area contributed by atoms with Gasteiger partial charge in [-0.15, -0.1) is 0 Å². The number of ether oxygens (including phenoxy) is 1. The monoisotopic (exact) mass is 133 g/mol. The van der Waals surface area contributed by atoms with Crippen molar-refractivity contribution in [1.82, 2.24) is 5.32 Å². The van der Waals surface area contributed by atoms with E-state index in [2.05, 4.69) is 17.5 Å². The van der Waals surface area contributed by atoms with Gasteiger partial charge in [-0.25, -0.2) is 0 Å². The molecule has 8 heavy (non-hydrogen) atoms. The molecule has 0 aromatic heterocycles. The van der Waals surface area contributed by atoms with E-state index < -0.39 is 0 Å². The number of nitrogens with one attached hydrogen (secondary N) is 1. The predicted molar refractivity (Wildman–Crippen MR) is 38.2 cm³/mol. The zero-order chi connectivity index (χ0) is 6.24. The Hall–Kier alpha value is -0.150. The standard InChI is InChI=1S/C5H11NOS/c1-7-4-2-3-6-5-8/h5H,2-4H2,1H3,(H,6,8). The molecule has 0 amide bonds. The van der Waals surface area contributed by atoms with Crippen molar-refractivity contribution in [2.45, 2.75) is 6.42 Å². The molecule has 0 aliphatic carbocycles. The van der Waals surface area contributed by atoms with Gasteiger partial charge in [-0.1, -0.05) is 12.2 Å². The largest absolute Gasteiger partial charge is 0.385 e. The van der Waals surface area contributed by atoms with Gasteiger partial charge >= 0.3 is 0 Å². The smallest absolute Gasteiger partial charge is 0.0614 e. The molecule has 0 spiro atoms. The van der Waals surface area contributed by atoms with Crippen molar-refractivity contribution in [3.63, 3.8) is 0 Å². The second kappa shape index (κ2) is 6.85. The van der Waals surface area contributed by atoms with E-state index in [-0.39, 0.29) is 0 Å². The molecule has 0 aromatic rings. The lowest BCUT2D eigenvalue weighted by molar-refractivity contribution is 0.196. The van der Waals surface area contributed by atoms with E-state index in [1.54, 1.807) is 7.11 Å². The third-order valence-electron chi connectivity index (χ3n) is 0.753. The van der Waals surface area contributed by atoms with Crippen molar-refractivity contribution >= 4 is 17.7 Å². The Kier molecular flexibility index (Phi) is 6.72. The van der Waals surface area contributed by atoms with Crippen LogP contribution in [0.3, 0.4) is 0 Å². The van der Waals surface area contributed by atoms with Gasteiger partial charge in [0.1, 0.15) is 0 Å². The molecule has 0 bridgehead atoms. The SMILES string of the molecule is COCCCNC=S. The highest BCUT2D eigenvalue weighted by Crippen LogP contribution is 1.74. The lowest BCUT2D eigenvalue weighted by atomic mass is 10.5. The van der Waals surface area contributed by atoms with E-state index in [1.807, 2.05) is 0 Å². The highest BCUT2D eigenvalue weighted by atomic mass is 32.1. The first-order valence-electron chi connectivity index (χ1n) is 2.57. The summed E-state index contributed by atoms with van der Waals surface area (Å²) >= 11 is 4.52. The summed E-state index contributed by atoms with van der Waals surface area (Å²) in [5.41, 5.74) is 1.52. The van der Waals surface area contributed by atoms with Gasteiger partial charge in [-0.2, -0.15) is 0 Å². The molecule has 0 unspecified atom stereocenters. The molecule has 2 nitrogen and oxygen atoms in total. The van der Waals surface area contributed by atoms with E-state index in [0.717, 1.165) is 19.6 Å². The Bertz CT molecular complexity index is 58.4. The third kappa shape index (κ3) is 5.85. The van der Waals surface area contributed by atoms with E-state index in [9.17, 15) is 0 Å². The second-order valence-electron chi connectivity index (χ2n) is 1.42. The molecule has 0 radical (unpaired) electrons. The van der Waals surface area contributed by atoms with Gasteiger partial charge in [0.2, 0.25) is 0 Å². The van der Waals surface area contributed by atoms with E-state index in [4.69, 9.17) is 4.74 Å². The Balaban J connectivity index is 2.62. The molecule has 1 N–H and O–H groups in total. The quantitative estimate of drug-likeness (QED) is 0.437. The van der Waals surface area contributed by atoms with E-state index in [1.165, 1.54) is 5.49 Å². The van der Waals surface area contributed by atoms with Crippen LogP contribution in [0, 0.1) is 0 Å². The number of thiocarbonyl (C=S) groups is 1. The van der Waals surface area contributed by atoms with Gasteiger partial charge in [-0.3, -0.25) is 0 Å². The van der Waals surface area contributed by atoms with Gasteiger partial charge in [-0.05, 0) is 6.42 Å². The van der Waals surface area contributed by atoms with Crippen LogP contribution < -0.4 is 5.32 Å². The second-order valence-corrected chi connectivity index (χ2v) is 1.65. The van der Waals surface area contributed by atoms with Crippen LogP contribution in [0.15, 0.2) is 0 Å². The fraction of sp³-hybridized carbons (Fsp3) is 0.800. The molecule has 0 saturated heterocycles. The third-order valence-corrected chi connectivity index (χ3v) is 0.920. The minimum absolute atomic E-state index is 0.802. The van der Waals surface area contributed by atoms with Crippen molar-refractivity contribution in [3.8, 4) is 0 Å². The summed E-state index contributed by atoms with van der Waals surface area (Å²) < 4.78 is 4.80. The van der Waals surface area contributed by atoms with E-state index in [0.29, 0.717) is 0 Å². The Morgan fingerprint density at radius 2 is 2.50 bits per heavy atom. The maximum Gasteiger partial charge on any atom is 0.0614 e. The van der Waals surface area contributed by atoms with Crippen LogP contribution in [0.4, 0.5) is 0 Å². The molecular weight excluding hydrogens is 122 g/mol. The maximum absolute atomic E-state index is 4.80. The first-order chi connectivity index (χ1) is 3.91. The fourth-order valence-corrected chi connectivity index (χ4v) is 0.495. The highest BCUT2D eigenvalue weighted by Gasteiger charge is 1.79. The summed E-state index contributed by atoms with van der Waals surface area (Å²) in [6.45, 7) is 1.72. The van der Waals surface area contributed by atoms with Gasteiger partial charge in [0.25, 0.3) is 0 Å². The summed E-state index contributed by atoms with van der Waals surface area (Å²) in [5, 5.41) is 2.89. The summed E-state index contributed by atoms with van der Waals surface area (Å²) in [6.07, 6.45) is 1.02. The predicted octanol–water partition coefficient (Wildman–Crippen LogP) is 0.570. The molecule has 3 heteroatoms. The molecular formula is C5H11NOS. The lowest BCUT2D eigenvalue weighted by Gasteiger charge is -1.96. The molecule has 48 valence electrons.